The van der Waals surface area contributed by atoms with Crippen LogP contribution >= 0.6 is 23.2 Å². The zero-order chi connectivity index (χ0) is 13.7. The number of ether oxygens (including phenoxy) is 1. The van der Waals surface area contributed by atoms with Gasteiger partial charge in [-0.2, -0.15) is 0 Å². The molecule has 100 valence electrons. The maximum atomic E-state index is 6.03. The van der Waals surface area contributed by atoms with Crippen molar-refractivity contribution < 1.29 is 4.74 Å². The van der Waals surface area contributed by atoms with Crippen molar-refractivity contribution in [3.05, 3.63) is 57.8 Å². The van der Waals surface area contributed by atoms with Gasteiger partial charge in [-0.25, -0.2) is 4.98 Å². The lowest BCUT2D eigenvalue weighted by Crippen LogP contribution is -2.05. The van der Waals surface area contributed by atoms with Gasteiger partial charge in [0, 0.05) is 6.54 Å². The first kappa shape index (κ1) is 14.1. The molecule has 0 saturated heterocycles. The monoisotopic (exact) mass is 296 g/mol. The Morgan fingerprint density at radius 3 is 2.84 bits per heavy atom. The van der Waals surface area contributed by atoms with Crippen molar-refractivity contribution in [2.75, 3.05) is 7.05 Å². The summed E-state index contributed by atoms with van der Waals surface area (Å²) in [6.45, 7) is 1.09. The Hall–Kier alpha value is -1.29. The number of nitrogens with zero attached hydrogens (tertiary/aromatic N) is 1. The SMILES string of the molecule is CNCc1cccc(OCc2nc(Cl)ccc2Cl)c1. The molecule has 5 heteroatoms. The van der Waals surface area contributed by atoms with Gasteiger partial charge in [0.25, 0.3) is 0 Å². The van der Waals surface area contributed by atoms with Gasteiger partial charge in [0.05, 0.1) is 10.7 Å². The van der Waals surface area contributed by atoms with E-state index in [2.05, 4.69) is 10.3 Å². The highest BCUT2D eigenvalue weighted by atomic mass is 35.5. The highest BCUT2D eigenvalue weighted by Gasteiger charge is 2.04. The van der Waals surface area contributed by atoms with Gasteiger partial charge in [0.2, 0.25) is 0 Å². The van der Waals surface area contributed by atoms with Crippen LogP contribution in [0.2, 0.25) is 10.2 Å². The molecule has 19 heavy (non-hydrogen) atoms. The van der Waals surface area contributed by atoms with Crippen molar-refractivity contribution in [3.8, 4) is 5.75 Å². The van der Waals surface area contributed by atoms with Gasteiger partial charge in [-0.15, -0.1) is 0 Å². The molecular weight excluding hydrogens is 283 g/mol. The topological polar surface area (TPSA) is 34.1 Å². The molecule has 0 atom stereocenters. The Balaban J connectivity index is 2.05. The minimum Gasteiger partial charge on any atom is -0.487 e. The fraction of sp³-hybridized carbons (Fsp3) is 0.214. The molecule has 0 saturated carbocycles. The van der Waals surface area contributed by atoms with Gasteiger partial charge in [-0.3, -0.25) is 0 Å². The van der Waals surface area contributed by atoms with Crippen molar-refractivity contribution in [1.82, 2.24) is 10.3 Å². The number of nitrogens with one attached hydrogen (secondary N) is 1. The lowest BCUT2D eigenvalue weighted by Gasteiger charge is -2.09. The van der Waals surface area contributed by atoms with E-state index in [1.807, 2.05) is 31.3 Å². The third kappa shape index (κ3) is 4.10. The summed E-state index contributed by atoms with van der Waals surface area (Å²) in [6, 6.07) is 11.2. The second-order valence-corrected chi connectivity index (χ2v) is 4.82. The summed E-state index contributed by atoms with van der Waals surface area (Å²) < 4.78 is 5.68. The second-order valence-electron chi connectivity index (χ2n) is 4.03. The van der Waals surface area contributed by atoms with Crippen LogP contribution in [-0.4, -0.2) is 12.0 Å². The van der Waals surface area contributed by atoms with E-state index < -0.39 is 0 Å². The zero-order valence-electron chi connectivity index (χ0n) is 10.5. The third-order valence-electron chi connectivity index (χ3n) is 2.54. The molecule has 1 heterocycles. The largest absolute Gasteiger partial charge is 0.487 e. The van der Waals surface area contributed by atoms with Gasteiger partial charge >= 0.3 is 0 Å². The average molecular weight is 297 g/mol. The first-order valence-corrected chi connectivity index (χ1v) is 6.62. The van der Waals surface area contributed by atoms with E-state index >= 15 is 0 Å². The van der Waals surface area contributed by atoms with E-state index in [1.165, 1.54) is 0 Å². The maximum absolute atomic E-state index is 6.03. The van der Waals surface area contributed by atoms with E-state index in [-0.39, 0.29) is 0 Å². The lowest BCUT2D eigenvalue weighted by molar-refractivity contribution is 0.301. The molecule has 2 rings (SSSR count). The molecule has 0 radical (unpaired) electrons. The average Bonchev–Trinajstić information content (AvgIpc) is 2.41. The Kier molecular flexibility index (Phi) is 5.02. The van der Waals surface area contributed by atoms with Gasteiger partial charge in [-0.1, -0.05) is 35.3 Å². The standard InChI is InChI=1S/C14H14Cl2N2O/c1-17-8-10-3-2-4-11(7-10)19-9-13-12(15)5-6-14(16)18-13/h2-7,17H,8-9H2,1H3. The molecule has 0 spiro atoms. The molecule has 0 unspecified atom stereocenters. The Morgan fingerprint density at radius 2 is 2.05 bits per heavy atom. The molecule has 0 fully saturated rings. The van der Waals surface area contributed by atoms with Crippen LogP contribution in [0.3, 0.4) is 0 Å². The van der Waals surface area contributed by atoms with Gasteiger partial charge in [0.1, 0.15) is 17.5 Å². The van der Waals surface area contributed by atoms with Crippen molar-refractivity contribution in [2.24, 2.45) is 0 Å². The van der Waals surface area contributed by atoms with E-state index in [9.17, 15) is 0 Å². The summed E-state index contributed by atoms with van der Waals surface area (Å²) >= 11 is 11.9. The van der Waals surface area contributed by atoms with Crippen LogP contribution in [0.4, 0.5) is 0 Å². The van der Waals surface area contributed by atoms with Crippen LogP contribution in [0, 0.1) is 0 Å². The normalized spacial score (nSPS) is 10.5. The summed E-state index contributed by atoms with van der Waals surface area (Å²) in [6.07, 6.45) is 0. The first-order chi connectivity index (χ1) is 9.19. The first-order valence-electron chi connectivity index (χ1n) is 5.86. The molecule has 1 aromatic carbocycles. The number of pyridine rings is 1. The van der Waals surface area contributed by atoms with Crippen molar-refractivity contribution >= 4 is 23.2 Å². The summed E-state index contributed by atoms with van der Waals surface area (Å²) in [5.74, 6) is 0.783. The highest BCUT2D eigenvalue weighted by molar-refractivity contribution is 6.32. The summed E-state index contributed by atoms with van der Waals surface area (Å²) in [5, 5.41) is 4.06. The molecule has 2 aromatic rings. The maximum Gasteiger partial charge on any atom is 0.132 e. The Morgan fingerprint density at radius 1 is 1.21 bits per heavy atom. The van der Waals surface area contributed by atoms with Crippen molar-refractivity contribution in [2.45, 2.75) is 13.2 Å². The quantitative estimate of drug-likeness (QED) is 0.855. The smallest absolute Gasteiger partial charge is 0.132 e. The minimum absolute atomic E-state index is 0.294. The van der Waals surface area contributed by atoms with Crippen LogP contribution in [-0.2, 0) is 13.2 Å². The number of benzene rings is 1. The lowest BCUT2D eigenvalue weighted by atomic mass is 10.2. The Labute approximate surface area is 122 Å². The van der Waals surface area contributed by atoms with E-state index in [1.54, 1.807) is 12.1 Å². The summed E-state index contributed by atoms with van der Waals surface area (Å²) in [7, 11) is 1.91. The third-order valence-corrected chi connectivity index (χ3v) is 3.09. The minimum atomic E-state index is 0.294. The fourth-order valence-corrected chi connectivity index (χ4v) is 1.98. The van der Waals surface area contributed by atoms with Gasteiger partial charge in [0.15, 0.2) is 0 Å². The number of rotatable bonds is 5. The molecule has 0 aliphatic carbocycles. The number of halogens is 2. The summed E-state index contributed by atoms with van der Waals surface area (Å²) in [4.78, 5) is 4.14. The van der Waals surface area contributed by atoms with Crippen LogP contribution in [0.1, 0.15) is 11.3 Å². The number of aromatic nitrogens is 1. The van der Waals surface area contributed by atoms with Gasteiger partial charge in [-0.05, 0) is 36.9 Å². The molecule has 0 aliphatic heterocycles. The molecular formula is C14H14Cl2N2O. The van der Waals surface area contributed by atoms with Crippen molar-refractivity contribution in [1.29, 1.82) is 0 Å². The second kappa shape index (κ2) is 6.75. The van der Waals surface area contributed by atoms with E-state index in [4.69, 9.17) is 27.9 Å². The van der Waals surface area contributed by atoms with E-state index in [0.29, 0.717) is 22.5 Å². The number of hydrogen-bond donors (Lipinski definition) is 1. The fourth-order valence-electron chi connectivity index (χ4n) is 1.66. The molecule has 1 aromatic heterocycles. The van der Waals surface area contributed by atoms with Crippen molar-refractivity contribution in [3.63, 3.8) is 0 Å². The van der Waals surface area contributed by atoms with Gasteiger partial charge < -0.3 is 10.1 Å². The molecule has 0 aliphatic rings. The molecule has 1 N–H and O–H groups in total. The number of hydrogen-bond acceptors (Lipinski definition) is 3. The molecule has 3 nitrogen and oxygen atoms in total. The Bertz CT molecular complexity index is 561. The van der Waals surface area contributed by atoms with Crippen LogP contribution in [0.5, 0.6) is 5.75 Å². The van der Waals surface area contributed by atoms with Crippen LogP contribution in [0.25, 0.3) is 0 Å². The van der Waals surface area contributed by atoms with Crippen LogP contribution in [0.15, 0.2) is 36.4 Å². The van der Waals surface area contributed by atoms with E-state index in [0.717, 1.165) is 17.9 Å². The molecule has 0 bridgehead atoms. The predicted molar refractivity (Wildman–Crippen MR) is 77.8 cm³/mol. The molecule has 0 amide bonds. The highest BCUT2D eigenvalue weighted by Crippen LogP contribution is 2.20. The summed E-state index contributed by atoms with van der Waals surface area (Å²) in [5.41, 5.74) is 1.79. The zero-order valence-corrected chi connectivity index (χ0v) is 12.0. The predicted octanol–water partition coefficient (Wildman–Crippen LogP) is 3.69. The van der Waals surface area contributed by atoms with Crippen LogP contribution < -0.4 is 10.1 Å².